The van der Waals surface area contributed by atoms with E-state index in [0.29, 0.717) is 5.03 Å². The number of halogens is 1. The van der Waals surface area contributed by atoms with E-state index in [4.69, 9.17) is 22.2 Å². The van der Waals surface area contributed by atoms with Crippen molar-refractivity contribution in [3.05, 3.63) is 40.4 Å². The normalized spacial score (nSPS) is 11.4. The first-order chi connectivity index (χ1) is 7.91. The fraction of sp³-hybridized carbons (Fsp3) is 0.308. The highest BCUT2D eigenvalue weighted by Gasteiger charge is 2.05. The lowest BCUT2D eigenvalue weighted by atomic mass is 10.0. The van der Waals surface area contributed by atoms with E-state index in [1.807, 2.05) is 32.9 Å². The summed E-state index contributed by atoms with van der Waals surface area (Å²) >= 11 is 5.58. The molecule has 0 bridgehead atoms. The van der Waals surface area contributed by atoms with E-state index in [2.05, 4.69) is 11.7 Å². The van der Waals surface area contributed by atoms with Crippen LogP contribution in [0.2, 0.25) is 0 Å². The van der Waals surface area contributed by atoms with E-state index in [9.17, 15) is 0 Å². The zero-order valence-corrected chi connectivity index (χ0v) is 11.1. The number of nitrogens with zero attached hydrogens (tertiary/aromatic N) is 1. The third-order valence-corrected chi connectivity index (χ3v) is 2.53. The van der Waals surface area contributed by atoms with Gasteiger partial charge >= 0.3 is 0 Å². The maximum atomic E-state index is 5.83. The third kappa shape index (κ3) is 3.79. The van der Waals surface area contributed by atoms with Crippen molar-refractivity contribution in [1.82, 2.24) is 0 Å². The Kier molecular flexibility index (Phi) is 4.58. The Morgan fingerprint density at radius 1 is 1.41 bits per heavy atom. The summed E-state index contributed by atoms with van der Waals surface area (Å²) < 4.78 is 0. The van der Waals surface area contributed by atoms with E-state index in [1.54, 1.807) is 0 Å². The maximum absolute atomic E-state index is 5.83. The molecule has 0 heterocycles. The molecule has 0 aliphatic carbocycles. The minimum absolute atomic E-state index is 0.214. The molecule has 0 radical (unpaired) electrons. The van der Waals surface area contributed by atoms with Crippen LogP contribution in [0.4, 0.5) is 5.69 Å². The molecule has 0 spiro atoms. The van der Waals surface area contributed by atoms with Gasteiger partial charge in [0.05, 0.1) is 10.7 Å². The summed E-state index contributed by atoms with van der Waals surface area (Å²) in [4.78, 5) is 5.06. The molecule has 1 rings (SSSR count). The van der Waals surface area contributed by atoms with E-state index in [0.717, 1.165) is 28.1 Å². The Bertz CT molecular complexity index is 467. The van der Waals surface area contributed by atoms with Crippen molar-refractivity contribution >= 4 is 23.0 Å². The van der Waals surface area contributed by atoms with Gasteiger partial charge in [-0.15, -0.1) is 0 Å². The molecule has 4 heteroatoms. The average Bonchev–Trinajstić information content (AvgIpc) is 2.22. The molecule has 0 aliphatic heterocycles. The third-order valence-electron chi connectivity index (χ3n) is 2.43. The van der Waals surface area contributed by atoms with E-state index in [-0.39, 0.29) is 6.61 Å². The van der Waals surface area contributed by atoms with E-state index >= 15 is 0 Å². The second-order valence-corrected chi connectivity index (χ2v) is 4.53. The first-order valence-corrected chi connectivity index (χ1v) is 5.66. The predicted octanol–water partition coefficient (Wildman–Crippen LogP) is 3.38. The fourth-order valence-corrected chi connectivity index (χ4v) is 1.53. The number of oxime groups is 1. The van der Waals surface area contributed by atoms with E-state index < -0.39 is 0 Å². The van der Waals surface area contributed by atoms with Gasteiger partial charge in [-0.05, 0) is 44.0 Å². The second-order valence-electron chi connectivity index (χ2n) is 3.99. The van der Waals surface area contributed by atoms with Crippen molar-refractivity contribution in [2.24, 2.45) is 5.16 Å². The molecule has 1 aromatic carbocycles. The van der Waals surface area contributed by atoms with Crippen LogP contribution in [0, 0.1) is 13.8 Å². The van der Waals surface area contributed by atoms with Gasteiger partial charge in [0.25, 0.3) is 0 Å². The highest BCUT2D eigenvalue weighted by Crippen LogP contribution is 2.18. The molecule has 0 aliphatic rings. The molecule has 3 nitrogen and oxygen atoms in total. The van der Waals surface area contributed by atoms with Crippen molar-refractivity contribution in [2.45, 2.75) is 20.8 Å². The van der Waals surface area contributed by atoms with Crippen molar-refractivity contribution in [1.29, 1.82) is 0 Å². The molecule has 17 heavy (non-hydrogen) atoms. The number of nitrogens with two attached hydrogens (primary N) is 1. The molecule has 2 N–H and O–H groups in total. The van der Waals surface area contributed by atoms with Gasteiger partial charge in [-0.25, -0.2) is 0 Å². The predicted molar refractivity (Wildman–Crippen MR) is 73.5 cm³/mol. The minimum atomic E-state index is 0.214. The Morgan fingerprint density at radius 3 is 2.65 bits per heavy atom. The number of hydrogen-bond donors (Lipinski definition) is 1. The lowest BCUT2D eigenvalue weighted by molar-refractivity contribution is 0.172. The average molecular weight is 253 g/mol. The number of anilines is 1. The summed E-state index contributed by atoms with van der Waals surface area (Å²) in [5.41, 5.74) is 10.5. The first-order valence-electron chi connectivity index (χ1n) is 5.28. The van der Waals surface area contributed by atoms with Gasteiger partial charge in [-0.3, -0.25) is 0 Å². The smallest absolute Gasteiger partial charge is 0.152 e. The molecule has 0 fully saturated rings. The summed E-state index contributed by atoms with van der Waals surface area (Å²) in [6.07, 6.45) is 0. The standard InChI is InChI=1S/C13H17ClN2O/c1-8-6-13(15)9(2)5-12(8)11(4)16-17-7-10(3)14/h5-6H,3,7,15H2,1-2,4H3/b16-11+. The van der Waals surface area contributed by atoms with Crippen LogP contribution >= 0.6 is 11.6 Å². The van der Waals surface area contributed by atoms with Crippen molar-refractivity contribution in [3.8, 4) is 0 Å². The summed E-state index contributed by atoms with van der Waals surface area (Å²) in [6, 6.07) is 3.94. The summed E-state index contributed by atoms with van der Waals surface area (Å²) in [5, 5.41) is 4.42. The van der Waals surface area contributed by atoms with Crippen molar-refractivity contribution < 1.29 is 4.84 Å². The molecule has 0 amide bonds. The van der Waals surface area contributed by atoms with Gasteiger partial charge in [0.15, 0.2) is 6.61 Å². The van der Waals surface area contributed by atoms with Gasteiger partial charge in [0.2, 0.25) is 0 Å². The van der Waals surface area contributed by atoms with Crippen LogP contribution in [-0.4, -0.2) is 12.3 Å². The number of nitrogen functional groups attached to an aromatic ring is 1. The van der Waals surface area contributed by atoms with Crippen LogP contribution in [0.5, 0.6) is 0 Å². The van der Waals surface area contributed by atoms with Crippen LogP contribution in [0.1, 0.15) is 23.6 Å². The largest absolute Gasteiger partial charge is 0.399 e. The van der Waals surface area contributed by atoms with Crippen LogP contribution in [0.15, 0.2) is 28.9 Å². The number of rotatable bonds is 4. The topological polar surface area (TPSA) is 47.6 Å². The Balaban J connectivity index is 2.92. The molecular weight excluding hydrogens is 236 g/mol. The lowest BCUT2D eigenvalue weighted by Crippen LogP contribution is -2.02. The molecule has 92 valence electrons. The monoisotopic (exact) mass is 252 g/mol. The number of benzene rings is 1. The Hall–Kier alpha value is -1.48. The van der Waals surface area contributed by atoms with Crippen molar-refractivity contribution in [2.75, 3.05) is 12.3 Å². The van der Waals surface area contributed by atoms with Crippen LogP contribution in [-0.2, 0) is 4.84 Å². The highest BCUT2D eigenvalue weighted by atomic mass is 35.5. The SMILES string of the molecule is C=C(Cl)CO/N=C(\C)c1cc(C)c(N)cc1C. The summed E-state index contributed by atoms with van der Waals surface area (Å²) in [7, 11) is 0. The fourth-order valence-electron chi connectivity index (χ4n) is 1.48. The molecule has 0 saturated carbocycles. The zero-order chi connectivity index (χ0) is 13.0. The molecule has 1 aromatic rings. The Labute approximate surface area is 107 Å². The lowest BCUT2D eigenvalue weighted by Gasteiger charge is -2.09. The van der Waals surface area contributed by atoms with Crippen LogP contribution < -0.4 is 5.73 Å². The van der Waals surface area contributed by atoms with E-state index in [1.165, 1.54) is 0 Å². The van der Waals surface area contributed by atoms with Gasteiger partial charge in [0.1, 0.15) is 0 Å². The quantitative estimate of drug-likeness (QED) is 0.507. The second kappa shape index (κ2) is 5.73. The van der Waals surface area contributed by atoms with Gasteiger partial charge in [-0.1, -0.05) is 23.3 Å². The molecule has 0 unspecified atom stereocenters. The van der Waals surface area contributed by atoms with Gasteiger partial charge < -0.3 is 10.6 Å². The Morgan fingerprint density at radius 2 is 2.06 bits per heavy atom. The zero-order valence-electron chi connectivity index (χ0n) is 10.4. The maximum Gasteiger partial charge on any atom is 0.152 e. The van der Waals surface area contributed by atoms with Crippen LogP contribution in [0.3, 0.4) is 0 Å². The van der Waals surface area contributed by atoms with Gasteiger partial charge in [-0.2, -0.15) is 0 Å². The van der Waals surface area contributed by atoms with Crippen LogP contribution in [0.25, 0.3) is 0 Å². The molecule has 0 aromatic heterocycles. The number of hydrogen-bond acceptors (Lipinski definition) is 3. The van der Waals surface area contributed by atoms with Crippen molar-refractivity contribution in [3.63, 3.8) is 0 Å². The summed E-state index contributed by atoms with van der Waals surface area (Å²) in [5.74, 6) is 0. The molecule has 0 saturated heterocycles. The molecule has 0 atom stereocenters. The molecular formula is C13H17ClN2O. The highest BCUT2D eigenvalue weighted by molar-refractivity contribution is 6.29. The van der Waals surface area contributed by atoms with Gasteiger partial charge in [0, 0.05) is 11.3 Å². The first kappa shape index (κ1) is 13.6. The number of aryl methyl sites for hydroxylation is 2. The summed E-state index contributed by atoms with van der Waals surface area (Å²) in [6.45, 7) is 9.58. The minimum Gasteiger partial charge on any atom is -0.399 e.